The molecule has 6 heteroatoms. The van der Waals surface area contributed by atoms with E-state index in [1.807, 2.05) is 41.5 Å². The van der Waals surface area contributed by atoms with Gasteiger partial charge in [0.05, 0.1) is 11.7 Å². The molecule has 0 aliphatic heterocycles. The highest BCUT2D eigenvalue weighted by Crippen LogP contribution is 2.14. The lowest BCUT2D eigenvalue weighted by molar-refractivity contribution is 0.0471. The molecule has 1 atom stereocenters. The van der Waals surface area contributed by atoms with Crippen molar-refractivity contribution in [3.63, 3.8) is 0 Å². The van der Waals surface area contributed by atoms with Crippen molar-refractivity contribution in [2.75, 3.05) is 6.54 Å². The Bertz CT molecular complexity index is 512. The van der Waals surface area contributed by atoms with Crippen LogP contribution in [0.15, 0.2) is 18.5 Å². The van der Waals surface area contributed by atoms with Gasteiger partial charge in [0, 0.05) is 18.8 Å². The molecule has 0 aliphatic carbocycles. The quantitative estimate of drug-likeness (QED) is 0.876. The number of halogens is 1. The molecule has 5 nitrogen and oxygen atoms in total. The molecule has 1 unspecified atom stereocenters. The number of rotatable bonds is 5. The number of carbonyl (C=O) groups excluding carboxylic acids is 1. The minimum absolute atomic E-state index is 0.0806. The molecular formula is C16H26FN3O2. The molecule has 1 amide bonds. The number of alkyl carbamates (subject to hydrolysis) is 1. The van der Waals surface area contributed by atoms with Crippen LogP contribution >= 0.6 is 0 Å². The number of carbonyl (C=O) groups is 1. The fourth-order valence-corrected chi connectivity index (χ4v) is 1.82. The number of nitrogens with zero attached hydrogens (tertiary/aromatic N) is 1. The topological polar surface area (TPSA) is 63.2 Å². The van der Waals surface area contributed by atoms with Gasteiger partial charge in [-0.05, 0) is 53.2 Å². The Morgan fingerprint density at radius 1 is 1.32 bits per heavy atom. The summed E-state index contributed by atoms with van der Waals surface area (Å²) in [5.74, 6) is -0.364. The van der Waals surface area contributed by atoms with Gasteiger partial charge in [-0.3, -0.25) is 4.98 Å². The molecule has 1 aromatic rings. The van der Waals surface area contributed by atoms with Crippen LogP contribution in [0.2, 0.25) is 0 Å². The highest BCUT2D eigenvalue weighted by molar-refractivity contribution is 5.68. The zero-order chi connectivity index (χ0) is 17.0. The molecule has 0 radical (unpaired) electrons. The molecule has 0 saturated heterocycles. The van der Waals surface area contributed by atoms with Gasteiger partial charge in [0.1, 0.15) is 11.4 Å². The zero-order valence-electron chi connectivity index (χ0n) is 14.2. The Balaban J connectivity index is 2.53. The van der Waals surface area contributed by atoms with Crippen LogP contribution < -0.4 is 10.6 Å². The van der Waals surface area contributed by atoms with E-state index in [1.165, 1.54) is 12.3 Å². The van der Waals surface area contributed by atoms with Gasteiger partial charge >= 0.3 is 6.09 Å². The lowest BCUT2D eigenvalue weighted by atomic mass is 10.0. The Hall–Kier alpha value is -1.69. The third kappa shape index (κ3) is 6.85. The fraction of sp³-hybridized carbons (Fsp3) is 0.625. The predicted octanol–water partition coefficient (Wildman–Crippen LogP) is 3.17. The molecule has 1 aromatic heterocycles. The molecule has 1 rings (SSSR count). The first-order chi connectivity index (χ1) is 9.98. The molecule has 0 fully saturated rings. The third-order valence-corrected chi connectivity index (χ3v) is 2.92. The number of pyridine rings is 1. The van der Waals surface area contributed by atoms with Crippen molar-refractivity contribution in [3.05, 3.63) is 29.8 Å². The Labute approximate surface area is 131 Å². The van der Waals surface area contributed by atoms with Crippen LogP contribution in [0.3, 0.4) is 0 Å². The first-order valence-electron chi connectivity index (χ1n) is 7.33. The first kappa shape index (κ1) is 18.4. The second kappa shape index (κ2) is 7.05. The lowest BCUT2D eigenvalue weighted by Crippen LogP contribution is -2.51. The number of hydrogen-bond donors (Lipinski definition) is 2. The maximum atomic E-state index is 13.2. The summed E-state index contributed by atoms with van der Waals surface area (Å²) in [5, 5.41) is 6.08. The second-order valence-corrected chi connectivity index (χ2v) is 7.05. The van der Waals surface area contributed by atoms with Crippen molar-refractivity contribution in [3.8, 4) is 0 Å². The third-order valence-electron chi connectivity index (χ3n) is 2.92. The predicted molar refractivity (Wildman–Crippen MR) is 84.1 cm³/mol. The van der Waals surface area contributed by atoms with Gasteiger partial charge in [0.25, 0.3) is 0 Å². The number of aromatic nitrogens is 1. The summed E-state index contributed by atoms with van der Waals surface area (Å²) in [6, 6.07) is 1.36. The first-order valence-corrected chi connectivity index (χ1v) is 7.33. The fourth-order valence-electron chi connectivity index (χ4n) is 1.82. The highest BCUT2D eigenvalue weighted by Gasteiger charge is 2.25. The van der Waals surface area contributed by atoms with Gasteiger partial charge in [-0.15, -0.1) is 0 Å². The van der Waals surface area contributed by atoms with E-state index in [0.717, 1.165) is 5.56 Å². The Morgan fingerprint density at radius 3 is 2.50 bits per heavy atom. The van der Waals surface area contributed by atoms with E-state index < -0.39 is 17.2 Å². The van der Waals surface area contributed by atoms with E-state index in [2.05, 4.69) is 15.6 Å². The monoisotopic (exact) mass is 311 g/mol. The van der Waals surface area contributed by atoms with Crippen LogP contribution in [0, 0.1) is 5.82 Å². The van der Waals surface area contributed by atoms with E-state index in [0.29, 0.717) is 6.54 Å². The van der Waals surface area contributed by atoms with E-state index >= 15 is 0 Å². The van der Waals surface area contributed by atoms with Crippen LogP contribution in [-0.4, -0.2) is 28.8 Å². The maximum Gasteiger partial charge on any atom is 0.408 e. The van der Waals surface area contributed by atoms with Crippen molar-refractivity contribution in [2.24, 2.45) is 0 Å². The maximum absolute atomic E-state index is 13.2. The van der Waals surface area contributed by atoms with Gasteiger partial charge in [0.15, 0.2) is 0 Å². The van der Waals surface area contributed by atoms with Crippen molar-refractivity contribution in [1.82, 2.24) is 15.6 Å². The average Bonchev–Trinajstić information content (AvgIpc) is 2.33. The van der Waals surface area contributed by atoms with Gasteiger partial charge in [-0.2, -0.15) is 0 Å². The van der Waals surface area contributed by atoms with Gasteiger partial charge < -0.3 is 15.4 Å². The smallest absolute Gasteiger partial charge is 0.408 e. The molecule has 0 aliphatic rings. The molecule has 0 spiro atoms. The lowest BCUT2D eigenvalue weighted by Gasteiger charge is -2.30. The average molecular weight is 311 g/mol. The molecule has 124 valence electrons. The molecular weight excluding hydrogens is 285 g/mol. The van der Waals surface area contributed by atoms with Crippen LogP contribution in [0.25, 0.3) is 0 Å². The summed E-state index contributed by atoms with van der Waals surface area (Å²) < 4.78 is 18.4. The van der Waals surface area contributed by atoms with E-state index in [-0.39, 0.29) is 11.9 Å². The SMILES string of the molecule is CC(NCC(C)(C)NC(=O)OC(C)(C)C)c1cncc(F)c1. The van der Waals surface area contributed by atoms with Gasteiger partial charge in [-0.25, -0.2) is 9.18 Å². The number of ether oxygens (including phenoxy) is 1. The summed E-state index contributed by atoms with van der Waals surface area (Å²) in [6.07, 6.45) is 2.33. The summed E-state index contributed by atoms with van der Waals surface area (Å²) in [7, 11) is 0. The van der Waals surface area contributed by atoms with Gasteiger partial charge in [0.2, 0.25) is 0 Å². The summed E-state index contributed by atoms with van der Waals surface area (Å²) in [4.78, 5) is 15.6. The Morgan fingerprint density at radius 2 is 1.95 bits per heavy atom. The van der Waals surface area contributed by atoms with Crippen LogP contribution in [0.4, 0.5) is 9.18 Å². The van der Waals surface area contributed by atoms with Crippen molar-refractivity contribution < 1.29 is 13.9 Å². The number of nitrogens with one attached hydrogen (secondary N) is 2. The van der Waals surface area contributed by atoms with Crippen LogP contribution in [0.5, 0.6) is 0 Å². The van der Waals surface area contributed by atoms with Crippen molar-refractivity contribution in [2.45, 2.75) is 58.7 Å². The molecule has 22 heavy (non-hydrogen) atoms. The minimum atomic E-state index is -0.534. The van der Waals surface area contributed by atoms with Crippen LogP contribution in [0.1, 0.15) is 53.1 Å². The van der Waals surface area contributed by atoms with E-state index in [4.69, 9.17) is 4.74 Å². The van der Waals surface area contributed by atoms with Gasteiger partial charge in [-0.1, -0.05) is 0 Å². The largest absolute Gasteiger partial charge is 0.444 e. The van der Waals surface area contributed by atoms with Crippen molar-refractivity contribution in [1.29, 1.82) is 0 Å². The normalized spacial score (nSPS) is 13.6. The summed E-state index contributed by atoms with van der Waals surface area (Å²) >= 11 is 0. The summed E-state index contributed by atoms with van der Waals surface area (Å²) in [6.45, 7) is 11.6. The number of amides is 1. The Kier molecular flexibility index (Phi) is 5.88. The number of hydrogen-bond acceptors (Lipinski definition) is 4. The minimum Gasteiger partial charge on any atom is -0.444 e. The van der Waals surface area contributed by atoms with Crippen LogP contribution in [-0.2, 0) is 4.74 Å². The summed E-state index contributed by atoms with van der Waals surface area (Å²) in [5.41, 5.74) is -0.279. The zero-order valence-corrected chi connectivity index (χ0v) is 14.2. The van der Waals surface area contributed by atoms with E-state index in [1.54, 1.807) is 6.20 Å². The van der Waals surface area contributed by atoms with Crippen molar-refractivity contribution >= 4 is 6.09 Å². The molecule has 0 aromatic carbocycles. The molecule has 1 heterocycles. The standard InChI is InChI=1S/C16H26FN3O2/c1-11(12-7-13(17)9-18-8-12)19-10-16(5,6)20-14(21)22-15(2,3)4/h7-9,11,19H,10H2,1-6H3,(H,20,21). The molecule has 2 N–H and O–H groups in total. The van der Waals surface area contributed by atoms with E-state index in [9.17, 15) is 9.18 Å². The molecule has 0 saturated carbocycles. The second-order valence-electron chi connectivity index (χ2n) is 7.05. The highest BCUT2D eigenvalue weighted by atomic mass is 19.1. The molecule has 0 bridgehead atoms.